The molecule has 0 saturated carbocycles. The van der Waals surface area contributed by atoms with E-state index in [1.54, 1.807) is 0 Å². The Kier molecular flexibility index (Phi) is 6.39. The van der Waals surface area contributed by atoms with E-state index in [4.69, 9.17) is 0 Å². The lowest BCUT2D eigenvalue weighted by Crippen LogP contribution is -2.28. The summed E-state index contributed by atoms with van der Waals surface area (Å²) < 4.78 is 2.90. The average molecular weight is 242 g/mol. The molecule has 0 bridgehead atoms. The molecule has 1 amide bonds. The molecule has 0 fully saturated rings. The third kappa shape index (κ3) is 6.04. The summed E-state index contributed by atoms with van der Waals surface area (Å²) in [6.07, 6.45) is 0.571. The third-order valence-electron chi connectivity index (χ3n) is 0.863. The van der Waals surface area contributed by atoms with Gasteiger partial charge < -0.3 is 5.32 Å². The number of hydrogen-bond donors (Lipinski definition) is 2. The summed E-state index contributed by atoms with van der Waals surface area (Å²) in [6.45, 7) is 3.38. The van der Waals surface area contributed by atoms with Crippen LogP contribution in [0.4, 0.5) is 0 Å². The van der Waals surface area contributed by atoms with E-state index in [2.05, 4.69) is 8.85 Å². The quantitative estimate of drug-likeness (QED) is 0.427. The summed E-state index contributed by atoms with van der Waals surface area (Å²) >= 11 is 2.04. The SMILES string of the molecule is CCC(=O)NCCNI. The van der Waals surface area contributed by atoms with Crippen LogP contribution in [0, 0.1) is 0 Å². The van der Waals surface area contributed by atoms with Crippen LogP contribution in [-0.2, 0) is 4.79 Å². The van der Waals surface area contributed by atoms with Crippen molar-refractivity contribution < 1.29 is 4.79 Å². The largest absolute Gasteiger partial charge is 0.355 e. The minimum atomic E-state index is 0.113. The van der Waals surface area contributed by atoms with Crippen molar-refractivity contribution in [1.82, 2.24) is 8.85 Å². The summed E-state index contributed by atoms with van der Waals surface area (Å²) in [6, 6.07) is 0. The minimum absolute atomic E-state index is 0.113. The molecule has 9 heavy (non-hydrogen) atoms. The van der Waals surface area contributed by atoms with Gasteiger partial charge in [0.2, 0.25) is 5.91 Å². The molecule has 0 aromatic rings. The van der Waals surface area contributed by atoms with Gasteiger partial charge in [-0.05, 0) is 0 Å². The van der Waals surface area contributed by atoms with Crippen molar-refractivity contribution in [1.29, 1.82) is 0 Å². The van der Waals surface area contributed by atoms with Gasteiger partial charge in [-0.1, -0.05) is 6.92 Å². The minimum Gasteiger partial charge on any atom is -0.355 e. The molecule has 0 atom stereocenters. The second-order valence-corrected chi connectivity index (χ2v) is 2.35. The number of carbonyl (C=O) groups is 1. The maximum atomic E-state index is 10.5. The first-order valence-electron chi connectivity index (χ1n) is 2.91. The molecule has 0 aliphatic heterocycles. The lowest BCUT2D eigenvalue weighted by molar-refractivity contribution is -0.120. The van der Waals surface area contributed by atoms with Gasteiger partial charge in [0.05, 0.1) is 0 Å². The predicted molar refractivity (Wildman–Crippen MR) is 45.3 cm³/mol. The maximum absolute atomic E-state index is 10.5. The molecule has 0 aliphatic rings. The van der Waals surface area contributed by atoms with E-state index >= 15 is 0 Å². The lowest BCUT2D eigenvalue weighted by Gasteiger charge is -1.99. The smallest absolute Gasteiger partial charge is 0.219 e. The van der Waals surface area contributed by atoms with Crippen LogP contribution in [0.15, 0.2) is 0 Å². The zero-order chi connectivity index (χ0) is 7.11. The molecule has 0 unspecified atom stereocenters. The number of carbonyl (C=O) groups excluding carboxylic acids is 1. The fourth-order valence-corrected chi connectivity index (χ4v) is 0.644. The van der Waals surface area contributed by atoms with Crippen molar-refractivity contribution in [3.63, 3.8) is 0 Å². The highest BCUT2D eigenvalue weighted by Gasteiger charge is 1.92. The first-order chi connectivity index (χ1) is 4.31. The Balaban J connectivity index is 2.97. The van der Waals surface area contributed by atoms with E-state index in [9.17, 15) is 4.79 Å². The van der Waals surface area contributed by atoms with Gasteiger partial charge in [-0.15, -0.1) is 0 Å². The van der Waals surface area contributed by atoms with Crippen molar-refractivity contribution in [2.24, 2.45) is 0 Å². The van der Waals surface area contributed by atoms with Crippen LogP contribution in [0.3, 0.4) is 0 Å². The topological polar surface area (TPSA) is 41.1 Å². The van der Waals surface area contributed by atoms with Gasteiger partial charge in [-0.2, -0.15) is 0 Å². The van der Waals surface area contributed by atoms with Crippen molar-refractivity contribution in [2.75, 3.05) is 13.1 Å². The van der Waals surface area contributed by atoms with Crippen LogP contribution in [0.1, 0.15) is 13.3 Å². The van der Waals surface area contributed by atoms with Gasteiger partial charge in [0.25, 0.3) is 0 Å². The number of hydrogen-bond acceptors (Lipinski definition) is 2. The molecule has 0 heterocycles. The summed E-state index contributed by atoms with van der Waals surface area (Å²) in [5.74, 6) is 0.113. The monoisotopic (exact) mass is 242 g/mol. The van der Waals surface area contributed by atoms with Gasteiger partial charge in [-0.3, -0.25) is 8.32 Å². The van der Waals surface area contributed by atoms with Gasteiger partial charge >= 0.3 is 0 Å². The molecule has 0 spiro atoms. The normalized spacial score (nSPS) is 9.11. The van der Waals surface area contributed by atoms with Crippen molar-refractivity contribution in [3.8, 4) is 0 Å². The molecule has 0 aromatic heterocycles. The molecule has 3 nitrogen and oxygen atoms in total. The standard InChI is InChI=1S/C5H11IN2O/c1-2-5(9)7-3-4-8-6/h8H,2-4H2,1H3,(H,7,9). The summed E-state index contributed by atoms with van der Waals surface area (Å²) in [4.78, 5) is 10.5. The second kappa shape index (κ2) is 6.28. The Bertz CT molecular complexity index is 87.0. The Morgan fingerprint density at radius 2 is 2.22 bits per heavy atom. The number of halogens is 1. The Morgan fingerprint density at radius 1 is 1.56 bits per heavy atom. The molecular formula is C5H11IN2O. The second-order valence-electron chi connectivity index (χ2n) is 1.59. The average Bonchev–Trinajstić information content (AvgIpc) is 1.89. The fourth-order valence-electron chi connectivity index (χ4n) is 0.374. The van der Waals surface area contributed by atoms with Crippen LogP contribution in [0.25, 0.3) is 0 Å². The number of rotatable bonds is 4. The first kappa shape index (κ1) is 9.16. The van der Waals surface area contributed by atoms with Crippen molar-refractivity contribution >= 4 is 28.8 Å². The van der Waals surface area contributed by atoms with Crippen LogP contribution < -0.4 is 8.85 Å². The maximum Gasteiger partial charge on any atom is 0.219 e. The van der Waals surface area contributed by atoms with Crippen LogP contribution in [0.2, 0.25) is 0 Å². The van der Waals surface area contributed by atoms with E-state index in [0.29, 0.717) is 6.42 Å². The van der Waals surface area contributed by atoms with Gasteiger partial charge in [0.1, 0.15) is 0 Å². The summed E-state index contributed by atoms with van der Waals surface area (Å²) in [5.41, 5.74) is 0. The highest BCUT2D eigenvalue weighted by molar-refractivity contribution is 14.1. The zero-order valence-electron chi connectivity index (χ0n) is 5.41. The third-order valence-corrected chi connectivity index (χ3v) is 1.40. The molecule has 4 heteroatoms. The Hall–Kier alpha value is 0.160. The molecule has 0 radical (unpaired) electrons. The van der Waals surface area contributed by atoms with E-state index in [1.807, 2.05) is 29.8 Å². The van der Waals surface area contributed by atoms with Crippen LogP contribution in [0.5, 0.6) is 0 Å². The highest BCUT2D eigenvalue weighted by Crippen LogP contribution is 1.73. The summed E-state index contributed by atoms with van der Waals surface area (Å²) in [7, 11) is 0. The van der Waals surface area contributed by atoms with E-state index < -0.39 is 0 Å². The van der Waals surface area contributed by atoms with Crippen molar-refractivity contribution in [3.05, 3.63) is 0 Å². The molecule has 0 aliphatic carbocycles. The summed E-state index contributed by atoms with van der Waals surface area (Å²) in [5, 5.41) is 2.73. The van der Waals surface area contributed by atoms with Gasteiger partial charge in [-0.25, -0.2) is 0 Å². The molecule has 0 aromatic carbocycles. The van der Waals surface area contributed by atoms with Gasteiger partial charge in [0.15, 0.2) is 0 Å². The van der Waals surface area contributed by atoms with Crippen LogP contribution >= 0.6 is 22.9 Å². The highest BCUT2D eigenvalue weighted by atomic mass is 127. The van der Waals surface area contributed by atoms with E-state index in [0.717, 1.165) is 13.1 Å². The lowest BCUT2D eigenvalue weighted by atomic mass is 10.4. The van der Waals surface area contributed by atoms with Crippen molar-refractivity contribution in [2.45, 2.75) is 13.3 Å². The van der Waals surface area contributed by atoms with E-state index in [1.165, 1.54) is 0 Å². The Morgan fingerprint density at radius 3 is 2.67 bits per heavy atom. The zero-order valence-corrected chi connectivity index (χ0v) is 7.57. The number of amides is 1. The van der Waals surface area contributed by atoms with Crippen LogP contribution in [-0.4, -0.2) is 19.0 Å². The molecule has 0 saturated heterocycles. The predicted octanol–water partition coefficient (Wildman–Crippen LogP) is 0.452. The fraction of sp³-hybridized carbons (Fsp3) is 0.800. The van der Waals surface area contributed by atoms with Gasteiger partial charge in [0, 0.05) is 42.4 Å². The first-order valence-corrected chi connectivity index (χ1v) is 3.99. The molecule has 2 N–H and O–H groups in total. The Labute approximate surface area is 69.1 Å². The molecule has 54 valence electrons. The number of nitrogens with one attached hydrogen (secondary N) is 2. The molecular weight excluding hydrogens is 231 g/mol. The molecule has 0 rings (SSSR count). The van der Waals surface area contributed by atoms with E-state index in [-0.39, 0.29) is 5.91 Å².